The molecule has 5 heteroatoms. The molecule has 0 bridgehead atoms. The zero-order valence-corrected chi connectivity index (χ0v) is 13.3. The molecule has 0 saturated heterocycles. The number of nitrogens with two attached hydrogens (primary N) is 1. The van der Waals surface area contributed by atoms with Crippen molar-refractivity contribution in [2.45, 2.75) is 29.6 Å². The fourth-order valence-electron chi connectivity index (χ4n) is 1.92. The number of carboxylic acid groups (broad SMARTS) is 1. The molecule has 0 aromatic heterocycles. The van der Waals surface area contributed by atoms with E-state index >= 15 is 0 Å². The maximum Gasteiger partial charge on any atom is 0.336 e. The summed E-state index contributed by atoms with van der Waals surface area (Å²) in [5.41, 5.74) is 7.36. The third-order valence-electron chi connectivity index (χ3n) is 3.06. The van der Waals surface area contributed by atoms with Gasteiger partial charge in [0.15, 0.2) is 0 Å². The van der Waals surface area contributed by atoms with Gasteiger partial charge in [-0.2, -0.15) is 0 Å². The highest BCUT2D eigenvalue weighted by molar-refractivity contribution is 7.99. The highest BCUT2D eigenvalue weighted by Gasteiger charge is 2.16. The standard InChI is InChI=1S/C16H16ClNO2S/c1-9(2)10-3-5-12(6-4-10)21-15-13(16(19)20)7-11(18)8-14(15)17/h3-9H,18H2,1-2H3,(H,19,20). The molecule has 3 N–H and O–H groups in total. The van der Waals surface area contributed by atoms with Crippen molar-refractivity contribution in [1.29, 1.82) is 0 Å². The molecule has 0 aliphatic rings. The van der Waals surface area contributed by atoms with E-state index in [1.54, 1.807) is 6.07 Å². The molecule has 0 saturated carbocycles. The first-order valence-corrected chi connectivity index (χ1v) is 7.68. The van der Waals surface area contributed by atoms with E-state index in [9.17, 15) is 9.90 Å². The van der Waals surface area contributed by atoms with Crippen LogP contribution in [0.15, 0.2) is 46.2 Å². The van der Waals surface area contributed by atoms with Crippen LogP contribution in [-0.4, -0.2) is 11.1 Å². The summed E-state index contributed by atoms with van der Waals surface area (Å²) < 4.78 is 0. The fraction of sp³-hybridized carbons (Fsp3) is 0.188. The van der Waals surface area contributed by atoms with E-state index in [0.717, 1.165) is 4.90 Å². The average molecular weight is 322 g/mol. The lowest BCUT2D eigenvalue weighted by molar-refractivity contribution is 0.0693. The average Bonchev–Trinajstić information content (AvgIpc) is 2.41. The zero-order valence-electron chi connectivity index (χ0n) is 11.8. The molecule has 3 nitrogen and oxygen atoms in total. The smallest absolute Gasteiger partial charge is 0.336 e. The number of aromatic carboxylic acids is 1. The minimum atomic E-state index is -1.04. The van der Waals surface area contributed by atoms with Gasteiger partial charge in [0.1, 0.15) is 0 Å². The van der Waals surface area contributed by atoms with E-state index in [-0.39, 0.29) is 5.56 Å². The van der Waals surface area contributed by atoms with Crippen LogP contribution >= 0.6 is 23.4 Å². The van der Waals surface area contributed by atoms with Crippen molar-refractivity contribution in [2.24, 2.45) is 0 Å². The molecule has 21 heavy (non-hydrogen) atoms. The second-order valence-corrected chi connectivity index (χ2v) is 6.50. The summed E-state index contributed by atoms with van der Waals surface area (Å²) in [6.07, 6.45) is 0. The fourth-order valence-corrected chi connectivity index (χ4v) is 3.18. The van der Waals surface area contributed by atoms with E-state index < -0.39 is 5.97 Å². The molecular formula is C16H16ClNO2S. The van der Waals surface area contributed by atoms with Crippen molar-refractivity contribution < 1.29 is 9.90 Å². The van der Waals surface area contributed by atoms with Crippen molar-refractivity contribution >= 4 is 35.0 Å². The highest BCUT2D eigenvalue weighted by Crippen LogP contribution is 2.38. The van der Waals surface area contributed by atoms with Gasteiger partial charge in [-0.3, -0.25) is 0 Å². The van der Waals surface area contributed by atoms with Crippen LogP contribution < -0.4 is 5.73 Å². The van der Waals surface area contributed by atoms with Gasteiger partial charge in [-0.05, 0) is 35.7 Å². The van der Waals surface area contributed by atoms with Gasteiger partial charge in [-0.15, -0.1) is 0 Å². The van der Waals surface area contributed by atoms with Crippen LogP contribution in [0.2, 0.25) is 5.02 Å². The van der Waals surface area contributed by atoms with Crippen LogP contribution in [0.25, 0.3) is 0 Å². The Bertz CT molecular complexity index is 669. The van der Waals surface area contributed by atoms with Gasteiger partial charge >= 0.3 is 5.97 Å². The van der Waals surface area contributed by atoms with Crippen molar-refractivity contribution in [3.63, 3.8) is 0 Å². The van der Waals surface area contributed by atoms with Gasteiger partial charge in [-0.25, -0.2) is 4.79 Å². The molecule has 0 spiro atoms. The van der Waals surface area contributed by atoms with E-state index in [1.807, 2.05) is 24.3 Å². The maximum atomic E-state index is 11.3. The van der Waals surface area contributed by atoms with Crippen molar-refractivity contribution in [3.8, 4) is 0 Å². The van der Waals surface area contributed by atoms with Crippen molar-refractivity contribution in [2.75, 3.05) is 5.73 Å². The van der Waals surface area contributed by atoms with E-state index in [2.05, 4.69) is 13.8 Å². The number of halogens is 1. The minimum Gasteiger partial charge on any atom is -0.478 e. The predicted molar refractivity (Wildman–Crippen MR) is 87.5 cm³/mol. The van der Waals surface area contributed by atoms with Crippen LogP contribution in [0, 0.1) is 0 Å². The molecule has 110 valence electrons. The minimum absolute atomic E-state index is 0.123. The lowest BCUT2D eigenvalue weighted by atomic mass is 10.0. The summed E-state index contributed by atoms with van der Waals surface area (Å²) in [6.45, 7) is 4.25. The number of hydrogen-bond acceptors (Lipinski definition) is 3. The van der Waals surface area contributed by atoms with Gasteiger partial charge in [-0.1, -0.05) is 49.3 Å². The Balaban J connectivity index is 2.37. The van der Waals surface area contributed by atoms with Gasteiger partial charge in [0.05, 0.1) is 10.6 Å². The quantitative estimate of drug-likeness (QED) is 0.786. The van der Waals surface area contributed by atoms with Crippen molar-refractivity contribution in [1.82, 2.24) is 0 Å². The first kappa shape index (κ1) is 15.7. The third kappa shape index (κ3) is 3.71. The molecule has 0 radical (unpaired) electrons. The number of hydrogen-bond donors (Lipinski definition) is 2. The topological polar surface area (TPSA) is 63.3 Å². The molecule has 0 fully saturated rings. The largest absolute Gasteiger partial charge is 0.478 e. The SMILES string of the molecule is CC(C)c1ccc(Sc2c(Cl)cc(N)cc2C(=O)O)cc1. The Morgan fingerprint density at radius 1 is 1.24 bits per heavy atom. The first-order chi connectivity index (χ1) is 9.88. The molecule has 0 aliphatic carbocycles. The Morgan fingerprint density at radius 3 is 2.38 bits per heavy atom. The number of rotatable bonds is 4. The molecule has 0 heterocycles. The Hall–Kier alpha value is -1.65. The third-order valence-corrected chi connectivity index (χ3v) is 4.62. The summed E-state index contributed by atoms with van der Waals surface area (Å²) >= 11 is 7.48. The summed E-state index contributed by atoms with van der Waals surface area (Å²) in [7, 11) is 0. The van der Waals surface area contributed by atoms with Crippen LogP contribution in [0.1, 0.15) is 35.7 Å². The van der Waals surface area contributed by atoms with Crippen LogP contribution in [0.3, 0.4) is 0 Å². The molecular weight excluding hydrogens is 306 g/mol. The molecule has 0 atom stereocenters. The van der Waals surface area contributed by atoms with Crippen LogP contribution in [0.4, 0.5) is 5.69 Å². The van der Waals surface area contributed by atoms with Crippen LogP contribution in [-0.2, 0) is 0 Å². The number of carbonyl (C=O) groups is 1. The molecule has 2 aromatic rings. The Kier molecular flexibility index (Phi) is 4.80. The Labute approximate surface area is 133 Å². The zero-order chi connectivity index (χ0) is 15.6. The summed E-state index contributed by atoms with van der Waals surface area (Å²) in [4.78, 5) is 12.8. The molecule has 0 amide bonds. The Morgan fingerprint density at radius 2 is 1.86 bits per heavy atom. The monoisotopic (exact) mass is 321 g/mol. The number of benzene rings is 2. The van der Waals surface area contributed by atoms with Crippen LogP contribution in [0.5, 0.6) is 0 Å². The summed E-state index contributed by atoms with van der Waals surface area (Å²) in [5.74, 6) is -0.579. The van der Waals surface area contributed by atoms with Gasteiger partial charge in [0.25, 0.3) is 0 Å². The lowest BCUT2D eigenvalue weighted by Gasteiger charge is -2.11. The first-order valence-electron chi connectivity index (χ1n) is 6.48. The molecule has 0 aliphatic heterocycles. The number of carboxylic acids is 1. The second kappa shape index (κ2) is 6.41. The summed E-state index contributed by atoms with van der Waals surface area (Å²) in [5, 5.41) is 9.63. The number of nitrogen functional groups attached to an aromatic ring is 1. The molecule has 2 aromatic carbocycles. The maximum absolute atomic E-state index is 11.3. The second-order valence-electron chi connectivity index (χ2n) is 5.01. The van der Waals surface area contributed by atoms with Gasteiger partial charge < -0.3 is 10.8 Å². The summed E-state index contributed by atoms with van der Waals surface area (Å²) in [6, 6.07) is 11.0. The predicted octanol–water partition coefficient (Wildman–Crippen LogP) is 4.90. The molecule has 0 unspecified atom stereocenters. The van der Waals surface area contributed by atoms with Gasteiger partial charge in [0.2, 0.25) is 0 Å². The van der Waals surface area contributed by atoms with Crippen molar-refractivity contribution in [3.05, 3.63) is 52.5 Å². The van der Waals surface area contributed by atoms with E-state index in [1.165, 1.54) is 23.4 Å². The number of anilines is 1. The normalized spacial score (nSPS) is 10.9. The lowest BCUT2D eigenvalue weighted by Crippen LogP contribution is -2.01. The van der Waals surface area contributed by atoms with Gasteiger partial charge in [0, 0.05) is 15.5 Å². The van der Waals surface area contributed by atoms with E-state index in [0.29, 0.717) is 21.5 Å². The highest BCUT2D eigenvalue weighted by atomic mass is 35.5. The van der Waals surface area contributed by atoms with E-state index in [4.69, 9.17) is 17.3 Å². The molecule has 2 rings (SSSR count).